The van der Waals surface area contributed by atoms with Crippen LogP contribution in [0.25, 0.3) is 0 Å². The van der Waals surface area contributed by atoms with Gasteiger partial charge in [0.15, 0.2) is 0 Å². The largest absolute Gasteiger partial charge is 0.397 e. The molecule has 0 radical (unpaired) electrons. The van der Waals surface area contributed by atoms with Gasteiger partial charge in [-0.2, -0.15) is 11.8 Å². The number of hydrogen-bond acceptors (Lipinski definition) is 4. The first-order chi connectivity index (χ1) is 10.1. The molecule has 0 atom stereocenters. The predicted octanol–water partition coefficient (Wildman–Crippen LogP) is 3.11. The van der Waals surface area contributed by atoms with Crippen molar-refractivity contribution in [2.24, 2.45) is 0 Å². The summed E-state index contributed by atoms with van der Waals surface area (Å²) >= 11 is 1.96. The third-order valence-corrected chi connectivity index (χ3v) is 5.76. The first-order valence-electron chi connectivity index (χ1n) is 7.51. The minimum absolute atomic E-state index is 0.110. The summed E-state index contributed by atoms with van der Waals surface area (Å²) in [4.78, 5) is 11.6. The molecule has 21 heavy (non-hydrogen) atoms. The van der Waals surface area contributed by atoms with E-state index in [9.17, 15) is 4.79 Å². The van der Waals surface area contributed by atoms with Crippen LogP contribution in [0.1, 0.15) is 42.5 Å². The van der Waals surface area contributed by atoms with Gasteiger partial charge in [-0.1, -0.05) is 19.3 Å². The van der Waals surface area contributed by atoms with Gasteiger partial charge in [0.2, 0.25) is 0 Å². The molecule has 0 unspecified atom stereocenters. The lowest BCUT2D eigenvalue weighted by atomic mass is 9.88. The number of carbonyl (C=O) groups is 1. The second-order valence-corrected chi connectivity index (χ2v) is 6.96. The van der Waals surface area contributed by atoms with E-state index in [2.05, 4.69) is 16.9 Å². The van der Waals surface area contributed by atoms with Crippen LogP contribution in [0.4, 0.5) is 11.4 Å². The molecule has 0 heterocycles. The molecular weight excluding hydrogens is 282 g/mol. The number of benzene rings is 1. The summed E-state index contributed by atoms with van der Waals surface area (Å²) in [5.41, 5.74) is 8.21. The molecule has 0 saturated heterocycles. The lowest BCUT2D eigenvalue weighted by molar-refractivity contribution is 0.0963. The number of nitrogens with two attached hydrogens (primary N) is 1. The van der Waals surface area contributed by atoms with Crippen LogP contribution >= 0.6 is 11.8 Å². The van der Waals surface area contributed by atoms with Crippen molar-refractivity contribution in [3.8, 4) is 0 Å². The highest BCUT2D eigenvalue weighted by atomic mass is 32.2. The molecule has 4 N–H and O–H groups in total. The fourth-order valence-electron chi connectivity index (χ4n) is 2.91. The van der Waals surface area contributed by atoms with Gasteiger partial charge in [0.1, 0.15) is 0 Å². The maximum Gasteiger partial charge on any atom is 0.251 e. The average Bonchev–Trinajstić information content (AvgIpc) is 2.53. The number of anilines is 2. The quantitative estimate of drug-likeness (QED) is 0.731. The maximum atomic E-state index is 11.6. The van der Waals surface area contributed by atoms with Crippen LogP contribution in [0.5, 0.6) is 0 Å². The van der Waals surface area contributed by atoms with Crippen LogP contribution in [0, 0.1) is 0 Å². The van der Waals surface area contributed by atoms with Gasteiger partial charge in [-0.25, -0.2) is 0 Å². The standard InChI is InChI=1S/C16H25N3OS/c1-18-15(20)12-6-7-14(13(17)10-12)19-11-16(21-2)8-4-3-5-9-16/h6-7,10,19H,3-5,8-9,11,17H2,1-2H3,(H,18,20). The highest BCUT2D eigenvalue weighted by molar-refractivity contribution is 8.00. The summed E-state index contributed by atoms with van der Waals surface area (Å²) in [6.07, 6.45) is 8.70. The third-order valence-electron chi connectivity index (χ3n) is 4.34. The lowest BCUT2D eigenvalue weighted by Gasteiger charge is -2.36. The van der Waals surface area contributed by atoms with E-state index in [0.29, 0.717) is 16.0 Å². The van der Waals surface area contributed by atoms with Crippen molar-refractivity contribution in [1.29, 1.82) is 0 Å². The number of amides is 1. The molecule has 1 aliphatic carbocycles. The van der Waals surface area contributed by atoms with Gasteiger partial charge < -0.3 is 16.4 Å². The van der Waals surface area contributed by atoms with Crippen molar-refractivity contribution >= 4 is 29.0 Å². The second kappa shape index (κ2) is 7.07. The van der Waals surface area contributed by atoms with Crippen LogP contribution in [-0.2, 0) is 0 Å². The van der Waals surface area contributed by atoms with Gasteiger partial charge in [0.05, 0.1) is 11.4 Å². The Balaban J connectivity index is 2.04. The number of hydrogen-bond donors (Lipinski definition) is 3. The monoisotopic (exact) mass is 307 g/mol. The van der Waals surface area contributed by atoms with Crippen LogP contribution < -0.4 is 16.4 Å². The number of nitrogen functional groups attached to an aromatic ring is 1. The fraction of sp³-hybridized carbons (Fsp3) is 0.562. The molecule has 1 saturated carbocycles. The van der Waals surface area contributed by atoms with E-state index in [1.165, 1.54) is 32.1 Å². The zero-order valence-electron chi connectivity index (χ0n) is 12.9. The molecule has 1 amide bonds. The fourth-order valence-corrected chi connectivity index (χ4v) is 3.83. The van der Waals surface area contributed by atoms with Crippen LogP contribution in [-0.4, -0.2) is 30.5 Å². The predicted molar refractivity (Wildman–Crippen MR) is 92.1 cm³/mol. The van der Waals surface area contributed by atoms with Crippen LogP contribution in [0.2, 0.25) is 0 Å². The maximum absolute atomic E-state index is 11.6. The first-order valence-corrected chi connectivity index (χ1v) is 8.73. The van der Waals surface area contributed by atoms with Gasteiger partial charge in [-0.05, 0) is 37.3 Å². The number of rotatable bonds is 5. The molecule has 4 nitrogen and oxygen atoms in total. The Labute approximate surface area is 131 Å². The average molecular weight is 307 g/mol. The van der Waals surface area contributed by atoms with E-state index < -0.39 is 0 Å². The molecule has 1 aromatic carbocycles. The first kappa shape index (κ1) is 16.0. The zero-order valence-corrected chi connectivity index (χ0v) is 13.7. The number of carbonyl (C=O) groups excluding carboxylic acids is 1. The van der Waals surface area contributed by atoms with Gasteiger partial charge in [0, 0.05) is 23.9 Å². The molecule has 2 rings (SSSR count). The van der Waals surface area contributed by atoms with Gasteiger partial charge in [-0.15, -0.1) is 0 Å². The summed E-state index contributed by atoms with van der Waals surface area (Å²) in [5, 5.41) is 6.09. The number of nitrogens with one attached hydrogen (secondary N) is 2. The van der Waals surface area contributed by atoms with Crippen molar-refractivity contribution in [3.05, 3.63) is 23.8 Å². The zero-order chi connectivity index (χ0) is 15.3. The van der Waals surface area contributed by atoms with E-state index >= 15 is 0 Å². The Bertz CT molecular complexity index is 498. The second-order valence-electron chi connectivity index (χ2n) is 5.68. The Kier molecular flexibility index (Phi) is 5.39. The smallest absolute Gasteiger partial charge is 0.251 e. The Morgan fingerprint density at radius 2 is 2.05 bits per heavy atom. The van der Waals surface area contributed by atoms with Crippen molar-refractivity contribution in [1.82, 2.24) is 5.32 Å². The molecule has 1 aliphatic rings. The van der Waals surface area contributed by atoms with Gasteiger partial charge in [0.25, 0.3) is 5.91 Å². The van der Waals surface area contributed by atoms with E-state index in [1.54, 1.807) is 13.1 Å². The Morgan fingerprint density at radius 3 is 2.62 bits per heavy atom. The van der Waals surface area contributed by atoms with E-state index in [-0.39, 0.29) is 5.91 Å². The minimum Gasteiger partial charge on any atom is -0.397 e. The van der Waals surface area contributed by atoms with Crippen molar-refractivity contribution in [2.45, 2.75) is 36.9 Å². The molecule has 1 fully saturated rings. The molecule has 0 aliphatic heterocycles. The SMILES string of the molecule is CNC(=O)c1ccc(NCC2(SC)CCCCC2)c(N)c1. The van der Waals surface area contributed by atoms with Crippen LogP contribution in [0.3, 0.4) is 0 Å². The molecular formula is C16H25N3OS. The molecule has 0 spiro atoms. The molecule has 1 aromatic rings. The highest BCUT2D eigenvalue weighted by Gasteiger charge is 2.30. The topological polar surface area (TPSA) is 67.2 Å². The molecule has 5 heteroatoms. The molecule has 116 valence electrons. The van der Waals surface area contributed by atoms with E-state index in [0.717, 1.165) is 12.2 Å². The normalized spacial score (nSPS) is 17.2. The van der Waals surface area contributed by atoms with Crippen molar-refractivity contribution < 1.29 is 4.79 Å². The highest BCUT2D eigenvalue weighted by Crippen LogP contribution is 2.39. The number of thioether (sulfide) groups is 1. The van der Waals surface area contributed by atoms with Gasteiger partial charge >= 0.3 is 0 Å². The van der Waals surface area contributed by atoms with Crippen molar-refractivity contribution in [2.75, 3.05) is 30.9 Å². The van der Waals surface area contributed by atoms with E-state index in [1.807, 2.05) is 23.9 Å². The van der Waals surface area contributed by atoms with Crippen molar-refractivity contribution in [3.63, 3.8) is 0 Å². The lowest BCUT2D eigenvalue weighted by Crippen LogP contribution is -2.35. The molecule has 0 aromatic heterocycles. The minimum atomic E-state index is -0.110. The summed E-state index contributed by atoms with van der Waals surface area (Å²) in [6, 6.07) is 5.44. The Hall–Kier alpha value is -1.36. The summed E-state index contributed by atoms with van der Waals surface area (Å²) in [5.74, 6) is -0.110. The molecule has 0 bridgehead atoms. The Morgan fingerprint density at radius 1 is 1.33 bits per heavy atom. The summed E-state index contributed by atoms with van der Waals surface area (Å²) in [7, 11) is 1.62. The van der Waals surface area contributed by atoms with Gasteiger partial charge in [-0.3, -0.25) is 4.79 Å². The van der Waals surface area contributed by atoms with E-state index in [4.69, 9.17) is 5.73 Å². The summed E-state index contributed by atoms with van der Waals surface area (Å²) in [6.45, 7) is 0.928. The summed E-state index contributed by atoms with van der Waals surface area (Å²) < 4.78 is 0.324. The third kappa shape index (κ3) is 3.84. The van der Waals surface area contributed by atoms with Crippen LogP contribution in [0.15, 0.2) is 18.2 Å².